The molecule has 0 aliphatic carbocycles. The number of carbonyl (C=O) groups is 1. The predicted octanol–water partition coefficient (Wildman–Crippen LogP) is 4.52. The van der Waals surface area contributed by atoms with E-state index in [9.17, 15) is 13.6 Å². The van der Waals surface area contributed by atoms with E-state index in [4.69, 9.17) is 10.5 Å². The molecule has 5 heterocycles. The van der Waals surface area contributed by atoms with Crippen LogP contribution in [0.25, 0.3) is 16.6 Å². The first kappa shape index (κ1) is 26.3. The highest BCUT2D eigenvalue weighted by atomic mass is 19.1. The van der Waals surface area contributed by atoms with Crippen LogP contribution in [0.4, 0.5) is 14.6 Å². The fraction of sp³-hybridized carbons (Fsp3) is 0.258. The van der Waals surface area contributed by atoms with Gasteiger partial charge < -0.3 is 20.8 Å². The molecule has 2 aromatic carbocycles. The Morgan fingerprint density at radius 3 is 2.69 bits per heavy atom. The summed E-state index contributed by atoms with van der Waals surface area (Å²) in [6.45, 7) is 6.98. The molecular weight excluding hydrogens is 540 g/mol. The Kier molecular flexibility index (Phi) is 6.47. The topological polar surface area (TPSA) is 114 Å². The third kappa shape index (κ3) is 4.60. The number of nitrogens with zero attached hydrogens (tertiary/aromatic N) is 4. The second kappa shape index (κ2) is 10.3. The normalized spacial score (nSPS) is 15.5. The maximum Gasteiger partial charge on any atom is 0.219 e. The number of nitrogen functional groups attached to an aromatic ring is 1. The Morgan fingerprint density at radius 2 is 1.95 bits per heavy atom. The molecule has 0 radical (unpaired) electrons. The van der Waals surface area contributed by atoms with Gasteiger partial charge in [-0.3, -0.25) is 9.69 Å². The van der Waals surface area contributed by atoms with Crippen LogP contribution in [0.15, 0.2) is 54.9 Å². The smallest absolute Gasteiger partial charge is 0.219 e. The van der Waals surface area contributed by atoms with E-state index in [1.54, 1.807) is 6.92 Å². The molecule has 5 aromatic rings. The molecule has 4 N–H and O–H groups in total. The Labute approximate surface area is 240 Å². The van der Waals surface area contributed by atoms with E-state index < -0.39 is 17.4 Å². The number of aryl methyl sites for hydroxylation is 1. The van der Waals surface area contributed by atoms with Crippen LogP contribution in [0.1, 0.15) is 32.7 Å². The van der Waals surface area contributed by atoms with Gasteiger partial charge in [0.1, 0.15) is 5.82 Å². The number of hydrogen-bond donors (Lipinski definition) is 3. The van der Waals surface area contributed by atoms with Crippen LogP contribution in [-0.2, 0) is 13.0 Å². The third-order valence-electron chi connectivity index (χ3n) is 8.17. The quantitative estimate of drug-likeness (QED) is 0.247. The van der Waals surface area contributed by atoms with Crippen LogP contribution in [-0.4, -0.2) is 56.6 Å². The molecule has 42 heavy (non-hydrogen) atoms. The number of halogens is 2. The number of aromatic amines is 1. The van der Waals surface area contributed by atoms with Gasteiger partial charge in [-0.15, -0.1) is 0 Å². The van der Waals surface area contributed by atoms with E-state index in [0.717, 1.165) is 68.1 Å². The Hall–Kier alpha value is -4.61. The van der Waals surface area contributed by atoms with E-state index in [0.29, 0.717) is 16.9 Å². The maximum atomic E-state index is 14.0. The van der Waals surface area contributed by atoms with Crippen LogP contribution in [0.3, 0.4) is 0 Å². The maximum absolute atomic E-state index is 14.0. The van der Waals surface area contributed by atoms with Crippen molar-refractivity contribution in [2.24, 2.45) is 5.92 Å². The molecule has 0 saturated carbocycles. The fourth-order valence-corrected chi connectivity index (χ4v) is 5.82. The summed E-state index contributed by atoms with van der Waals surface area (Å²) in [6, 6.07) is 11.1. The monoisotopic (exact) mass is 569 g/mol. The number of ether oxygens (including phenoxy) is 1. The number of carbonyl (C=O) groups excluding carboxylic acids is 1. The molecule has 0 bridgehead atoms. The lowest BCUT2D eigenvalue weighted by Crippen LogP contribution is -2.49. The first-order chi connectivity index (χ1) is 20.4. The Morgan fingerprint density at radius 1 is 1.14 bits per heavy atom. The molecule has 0 atom stereocenters. The minimum Gasteiger partial charge on any atom is -0.433 e. The molecule has 3 aromatic heterocycles. The van der Waals surface area contributed by atoms with Crippen molar-refractivity contribution < 1.29 is 18.3 Å². The van der Waals surface area contributed by atoms with E-state index in [1.165, 1.54) is 40.3 Å². The van der Waals surface area contributed by atoms with Crippen molar-refractivity contribution in [3.63, 3.8) is 0 Å². The first-order valence-electron chi connectivity index (χ1n) is 13.9. The van der Waals surface area contributed by atoms with Gasteiger partial charge in [0.15, 0.2) is 11.6 Å². The first-order valence-corrected chi connectivity index (χ1v) is 13.9. The zero-order chi connectivity index (χ0) is 29.0. The lowest BCUT2D eigenvalue weighted by atomic mass is 9.94. The number of hydrogen-bond acceptors (Lipinski definition) is 7. The van der Waals surface area contributed by atoms with Crippen LogP contribution < -0.4 is 15.8 Å². The van der Waals surface area contributed by atoms with Gasteiger partial charge in [-0.1, -0.05) is 12.1 Å². The number of para-hydroxylation sites is 1. The number of pyridine rings is 1. The average Bonchev–Trinajstić information content (AvgIpc) is 3.56. The largest absolute Gasteiger partial charge is 0.433 e. The number of benzene rings is 2. The number of ketones is 1. The second-order valence-electron chi connectivity index (χ2n) is 11.0. The molecule has 9 nitrogen and oxygen atoms in total. The van der Waals surface area contributed by atoms with E-state index >= 15 is 0 Å². The Bertz CT molecular complexity index is 1820. The van der Waals surface area contributed by atoms with Crippen LogP contribution in [0.2, 0.25) is 0 Å². The molecular formula is C31H29F2N7O2. The summed E-state index contributed by atoms with van der Waals surface area (Å²) in [5.74, 6) is -1.58. The van der Waals surface area contributed by atoms with E-state index in [-0.39, 0.29) is 23.0 Å². The van der Waals surface area contributed by atoms with Crippen molar-refractivity contribution >= 4 is 22.5 Å². The number of fused-ring (bicyclic) bond motifs is 3. The average molecular weight is 570 g/mol. The summed E-state index contributed by atoms with van der Waals surface area (Å²) in [5, 5.41) is 8.76. The molecule has 0 spiro atoms. The van der Waals surface area contributed by atoms with Crippen LogP contribution >= 0.6 is 0 Å². The predicted molar refractivity (Wildman–Crippen MR) is 154 cm³/mol. The number of rotatable bonds is 7. The van der Waals surface area contributed by atoms with Crippen LogP contribution in [0.5, 0.6) is 11.6 Å². The number of aromatic nitrogens is 4. The van der Waals surface area contributed by atoms with Gasteiger partial charge in [0.05, 0.1) is 29.3 Å². The third-order valence-corrected chi connectivity index (χ3v) is 8.17. The van der Waals surface area contributed by atoms with Gasteiger partial charge in [0.2, 0.25) is 17.4 Å². The molecule has 1 fully saturated rings. The molecule has 0 amide bonds. The highest BCUT2D eigenvalue weighted by Gasteiger charge is 2.26. The van der Waals surface area contributed by atoms with Crippen LogP contribution in [0, 0.1) is 24.5 Å². The molecule has 2 aliphatic rings. The number of anilines is 1. The minimum absolute atomic E-state index is 0.00634. The van der Waals surface area contributed by atoms with Gasteiger partial charge in [-0.05, 0) is 60.2 Å². The summed E-state index contributed by atoms with van der Waals surface area (Å²) >= 11 is 0. The standard InChI is InChI=1S/C31H29F2N7O2/c1-17-9-28(42-30-23(32)3-2-4-24(30)33)36-14-27(17)40-31(34)22(13-37-40)29(41)26-10-21-20-7-8-39(15-18-11-35-12-18)16-19(20)5-6-25(21)38-26/h2-6,9-10,13-14,18,35,38H,7-8,11-12,15-16,34H2,1H3. The fourth-order valence-electron chi connectivity index (χ4n) is 5.82. The van der Waals surface area contributed by atoms with Gasteiger partial charge in [0.25, 0.3) is 0 Å². The van der Waals surface area contributed by atoms with Crippen molar-refractivity contribution in [1.82, 2.24) is 30.0 Å². The number of nitrogens with one attached hydrogen (secondary N) is 2. The zero-order valence-electron chi connectivity index (χ0n) is 23.0. The van der Waals surface area contributed by atoms with Crippen molar-refractivity contribution in [3.05, 3.63) is 94.4 Å². The van der Waals surface area contributed by atoms with Gasteiger partial charge in [0, 0.05) is 49.7 Å². The van der Waals surface area contributed by atoms with E-state index in [2.05, 4.69) is 31.3 Å². The minimum atomic E-state index is -0.834. The molecule has 11 heteroatoms. The molecule has 1 saturated heterocycles. The second-order valence-corrected chi connectivity index (χ2v) is 11.0. The molecule has 2 aliphatic heterocycles. The Balaban J connectivity index is 1.13. The zero-order valence-corrected chi connectivity index (χ0v) is 23.0. The summed E-state index contributed by atoms with van der Waals surface area (Å²) in [6.07, 6.45) is 3.80. The molecule has 214 valence electrons. The van der Waals surface area contributed by atoms with Crippen molar-refractivity contribution in [2.45, 2.75) is 19.9 Å². The molecule has 7 rings (SSSR count). The van der Waals surface area contributed by atoms with Crippen molar-refractivity contribution in [3.8, 4) is 17.3 Å². The van der Waals surface area contributed by atoms with Gasteiger partial charge >= 0.3 is 0 Å². The van der Waals surface area contributed by atoms with Crippen molar-refractivity contribution in [2.75, 3.05) is 31.9 Å². The lowest BCUT2D eigenvalue weighted by molar-refractivity contribution is 0.103. The lowest BCUT2D eigenvalue weighted by Gasteiger charge is -2.36. The summed E-state index contributed by atoms with van der Waals surface area (Å²) in [7, 11) is 0. The highest BCUT2D eigenvalue weighted by Crippen LogP contribution is 2.31. The molecule has 0 unspecified atom stereocenters. The summed E-state index contributed by atoms with van der Waals surface area (Å²) in [4.78, 5) is 23.6. The van der Waals surface area contributed by atoms with Gasteiger partial charge in [-0.25, -0.2) is 18.4 Å². The van der Waals surface area contributed by atoms with Crippen molar-refractivity contribution in [1.29, 1.82) is 0 Å². The van der Waals surface area contributed by atoms with E-state index in [1.807, 2.05) is 12.1 Å². The number of H-pyrrole nitrogens is 1. The summed E-state index contributed by atoms with van der Waals surface area (Å²) < 4.78 is 34.8. The van der Waals surface area contributed by atoms with Gasteiger partial charge in [-0.2, -0.15) is 5.10 Å². The SMILES string of the molecule is Cc1cc(Oc2c(F)cccc2F)ncc1-n1ncc(C(=O)c2cc3c4c(ccc3[nH]2)CN(CC2CNC2)CC4)c1N. The number of nitrogens with two attached hydrogens (primary N) is 1. The highest BCUT2D eigenvalue weighted by molar-refractivity contribution is 6.12. The summed E-state index contributed by atoms with van der Waals surface area (Å²) in [5.41, 5.74) is 11.8.